The second-order valence-corrected chi connectivity index (χ2v) is 5.17. The van der Waals surface area contributed by atoms with E-state index in [1.165, 1.54) is 11.1 Å². The molecule has 2 aromatic carbocycles. The van der Waals surface area contributed by atoms with Crippen LogP contribution in [0.25, 0.3) is 0 Å². The van der Waals surface area contributed by atoms with Crippen molar-refractivity contribution in [2.45, 2.75) is 11.7 Å². The lowest BCUT2D eigenvalue weighted by atomic mass is 9.82. The van der Waals surface area contributed by atoms with E-state index < -0.39 is 5.60 Å². The number of halogens is 1. The predicted molar refractivity (Wildman–Crippen MR) is 71.6 cm³/mol. The van der Waals surface area contributed by atoms with Gasteiger partial charge in [0.25, 0.3) is 0 Å². The summed E-state index contributed by atoms with van der Waals surface area (Å²) in [6.45, 7) is 0. The van der Waals surface area contributed by atoms with Crippen LogP contribution in [-0.2, 0) is 10.3 Å². The lowest BCUT2D eigenvalue weighted by Gasteiger charge is -2.25. The van der Waals surface area contributed by atoms with Crippen LogP contribution in [0, 0.1) is 0 Å². The van der Waals surface area contributed by atoms with Gasteiger partial charge in [0.05, 0.1) is 0 Å². The van der Waals surface area contributed by atoms with Crippen molar-refractivity contribution in [3.8, 4) is 0 Å². The fourth-order valence-corrected chi connectivity index (χ4v) is 3.14. The van der Waals surface area contributed by atoms with Crippen LogP contribution < -0.4 is 0 Å². The zero-order valence-electron chi connectivity index (χ0n) is 9.64. The summed E-state index contributed by atoms with van der Waals surface area (Å²) in [7, 11) is 0. The van der Waals surface area contributed by atoms with E-state index in [1.54, 1.807) is 0 Å². The Morgan fingerprint density at radius 2 is 1.94 bits per heavy atom. The Kier molecular flexibility index (Phi) is 2.00. The highest BCUT2D eigenvalue weighted by atomic mass is 35.5. The smallest absolute Gasteiger partial charge is 0.138 e. The van der Waals surface area contributed by atoms with Crippen molar-refractivity contribution in [2.24, 2.45) is 0 Å². The number of ether oxygens (including phenoxy) is 1. The molecule has 0 amide bonds. The summed E-state index contributed by atoms with van der Waals surface area (Å²) >= 11 is 6.10. The zero-order valence-corrected chi connectivity index (χ0v) is 10.4. The van der Waals surface area contributed by atoms with Gasteiger partial charge in [0.15, 0.2) is 0 Å². The maximum absolute atomic E-state index is 6.20. The molecule has 0 aliphatic carbocycles. The van der Waals surface area contributed by atoms with Crippen molar-refractivity contribution < 1.29 is 4.74 Å². The van der Waals surface area contributed by atoms with Crippen LogP contribution in [0.15, 0.2) is 60.7 Å². The van der Waals surface area contributed by atoms with Gasteiger partial charge in [0.1, 0.15) is 11.7 Å². The van der Waals surface area contributed by atoms with Crippen molar-refractivity contribution in [1.29, 1.82) is 0 Å². The molecule has 0 fully saturated rings. The fourth-order valence-electron chi connectivity index (χ4n) is 2.94. The number of rotatable bonds is 1. The highest BCUT2D eigenvalue weighted by molar-refractivity contribution is 6.30. The molecular formula is C16H11ClO. The topological polar surface area (TPSA) is 9.23 Å². The third-order valence-corrected chi connectivity index (χ3v) is 3.97. The summed E-state index contributed by atoms with van der Waals surface area (Å²) in [5.74, 6) is 0. The Bertz CT molecular complexity index is 662. The third-order valence-electron chi connectivity index (χ3n) is 3.74. The molecule has 0 saturated carbocycles. The minimum absolute atomic E-state index is 0.0835. The second-order valence-electron chi connectivity index (χ2n) is 4.73. The van der Waals surface area contributed by atoms with Crippen LogP contribution in [0.1, 0.15) is 22.8 Å². The molecule has 2 heterocycles. The van der Waals surface area contributed by atoms with E-state index in [2.05, 4.69) is 42.5 Å². The molecule has 2 atom stereocenters. The molecule has 2 bridgehead atoms. The number of fused-ring (bicyclic) bond motifs is 5. The Morgan fingerprint density at radius 1 is 1.06 bits per heavy atom. The lowest BCUT2D eigenvalue weighted by Crippen LogP contribution is -2.22. The zero-order chi connectivity index (χ0) is 12.2. The standard InChI is InChI=1S/C16H11ClO/c17-12-5-3-4-11(10-12)16-9-8-15(18-16)13-6-1-2-7-14(13)16/h1-10,15H/t15-,16-/m0/s1. The highest BCUT2D eigenvalue weighted by Gasteiger charge is 2.47. The molecular weight excluding hydrogens is 244 g/mol. The molecule has 2 heteroatoms. The van der Waals surface area contributed by atoms with E-state index in [9.17, 15) is 0 Å². The van der Waals surface area contributed by atoms with E-state index in [0.717, 1.165) is 10.6 Å². The van der Waals surface area contributed by atoms with E-state index in [1.807, 2.05) is 18.2 Å². The largest absolute Gasteiger partial charge is 0.349 e. The molecule has 2 aliphatic rings. The van der Waals surface area contributed by atoms with Gasteiger partial charge >= 0.3 is 0 Å². The minimum atomic E-state index is -0.438. The molecule has 0 N–H and O–H groups in total. The SMILES string of the molecule is Clc1cccc([C@]23C=C[C@H](O2)c2ccccc23)c1. The van der Waals surface area contributed by atoms with Crippen LogP contribution in [0.2, 0.25) is 5.02 Å². The van der Waals surface area contributed by atoms with Gasteiger partial charge in [-0.15, -0.1) is 0 Å². The van der Waals surface area contributed by atoms with E-state index >= 15 is 0 Å². The summed E-state index contributed by atoms with van der Waals surface area (Å²) in [6.07, 6.45) is 4.36. The lowest BCUT2D eigenvalue weighted by molar-refractivity contribution is 0.0270. The molecule has 2 aromatic rings. The van der Waals surface area contributed by atoms with Crippen LogP contribution in [0.5, 0.6) is 0 Å². The van der Waals surface area contributed by atoms with Crippen molar-refractivity contribution >= 4 is 11.6 Å². The molecule has 0 spiro atoms. The average molecular weight is 255 g/mol. The van der Waals surface area contributed by atoms with E-state index in [4.69, 9.17) is 16.3 Å². The van der Waals surface area contributed by atoms with Crippen molar-refractivity contribution in [1.82, 2.24) is 0 Å². The number of hydrogen-bond donors (Lipinski definition) is 0. The molecule has 0 saturated heterocycles. The first kappa shape index (κ1) is 10.4. The number of hydrogen-bond acceptors (Lipinski definition) is 1. The molecule has 0 unspecified atom stereocenters. The quantitative estimate of drug-likeness (QED) is 0.692. The van der Waals surface area contributed by atoms with Crippen LogP contribution in [0.3, 0.4) is 0 Å². The number of benzene rings is 2. The molecule has 2 aliphatic heterocycles. The van der Waals surface area contributed by atoms with E-state index in [0.29, 0.717) is 0 Å². The van der Waals surface area contributed by atoms with Gasteiger partial charge in [0.2, 0.25) is 0 Å². The first-order valence-corrected chi connectivity index (χ1v) is 6.40. The monoisotopic (exact) mass is 254 g/mol. The molecule has 88 valence electrons. The normalized spacial score (nSPS) is 27.5. The molecule has 18 heavy (non-hydrogen) atoms. The summed E-state index contributed by atoms with van der Waals surface area (Å²) in [5, 5.41) is 0.742. The maximum Gasteiger partial charge on any atom is 0.138 e. The van der Waals surface area contributed by atoms with Crippen molar-refractivity contribution in [3.63, 3.8) is 0 Å². The van der Waals surface area contributed by atoms with Crippen molar-refractivity contribution in [3.05, 3.63) is 82.4 Å². The van der Waals surface area contributed by atoms with Gasteiger partial charge < -0.3 is 4.74 Å². The highest BCUT2D eigenvalue weighted by Crippen LogP contribution is 2.53. The van der Waals surface area contributed by atoms with Gasteiger partial charge in [-0.05, 0) is 34.9 Å². The first-order valence-electron chi connectivity index (χ1n) is 6.02. The summed E-state index contributed by atoms with van der Waals surface area (Å²) in [6, 6.07) is 16.3. The summed E-state index contributed by atoms with van der Waals surface area (Å²) in [4.78, 5) is 0. The molecule has 1 nitrogen and oxygen atoms in total. The minimum Gasteiger partial charge on any atom is -0.349 e. The van der Waals surface area contributed by atoms with Gasteiger partial charge in [-0.2, -0.15) is 0 Å². The third kappa shape index (κ3) is 1.21. The first-order chi connectivity index (χ1) is 8.79. The van der Waals surface area contributed by atoms with Gasteiger partial charge in [-0.25, -0.2) is 0 Å². The molecule has 0 aromatic heterocycles. The maximum atomic E-state index is 6.20. The van der Waals surface area contributed by atoms with Gasteiger partial charge in [0, 0.05) is 5.02 Å². The second kappa shape index (κ2) is 3.47. The van der Waals surface area contributed by atoms with Crippen LogP contribution in [-0.4, -0.2) is 0 Å². The van der Waals surface area contributed by atoms with Crippen LogP contribution in [0.4, 0.5) is 0 Å². The molecule has 4 rings (SSSR count). The van der Waals surface area contributed by atoms with Gasteiger partial charge in [-0.3, -0.25) is 0 Å². The Labute approximate surface area is 111 Å². The predicted octanol–water partition coefficient (Wildman–Crippen LogP) is 4.22. The summed E-state index contributed by atoms with van der Waals surface area (Å²) in [5.41, 5.74) is 3.16. The Morgan fingerprint density at radius 3 is 2.83 bits per heavy atom. The molecule has 0 radical (unpaired) electrons. The Balaban J connectivity index is 1.97. The van der Waals surface area contributed by atoms with Crippen LogP contribution >= 0.6 is 11.6 Å². The summed E-state index contributed by atoms with van der Waals surface area (Å²) < 4.78 is 6.20. The Hall–Kier alpha value is -1.57. The van der Waals surface area contributed by atoms with Crippen molar-refractivity contribution in [2.75, 3.05) is 0 Å². The van der Waals surface area contributed by atoms with Gasteiger partial charge in [-0.1, -0.05) is 54.1 Å². The average Bonchev–Trinajstić information content (AvgIpc) is 2.97. The van der Waals surface area contributed by atoms with E-state index in [-0.39, 0.29) is 6.10 Å². The fraction of sp³-hybridized carbons (Fsp3) is 0.125.